The van der Waals surface area contributed by atoms with Gasteiger partial charge in [-0.25, -0.2) is 0 Å². The van der Waals surface area contributed by atoms with E-state index in [9.17, 15) is 4.79 Å². The average molecular weight is 444 g/mol. The van der Waals surface area contributed by atoms with E-state index in [0.717, 1.165) is 17.8 Å². The van der Waals surface area contributed by atoms with Crippen molar-refractivity contribution >= 4 is 30.4 Å². The molecule has 2 aromatic carbocycles. The smallest absolute Gasteiger partial charge is 0.275 e. The van der Waals surface area contributed by atoms with E-state index in [0.29, 0.717) is 30.9 Å². The zero-order chi connectivity index (χ0) is 22.1. The van der Waals surface area contributed by atoms with E-state index in [4.69, 9.17) is 0 Å². The molecule has 0 aliphatic carbocycles. The summed E-state index contributed by atoms with van der Waals surface area (Å²) in [7, 11) is -3.38. The maximum atomic E-state index is 15.2. The predicted octanol–water partition coefficient (Wildman–Crippen LogP) is 5.31. The fraction of sp³-hybridized carbons (Fsp3) is 0.200. The minimum absolute atomic E-state index is 0.185. The fourth-order valence-corrected chi connectivity index (χ4v) is 8.25. The quantitative estimate of drug-likeness (QED) is 0.511. The van der Waals surface area contributed by atoms with E-state index in [-0.39, 0.29) is 5.91 Å². The normalized spacial score (nSPS) is 20.6. The Hall–Kier alpha value is -3.37. The van der Waals surface area contributed by atoms with Gasteiger partial charge >= 0.3 is 0 Å². The van der Waals surface area contributed by atoms with E-state index in [2.05, 4.69) is 11.6 Å². The Morgan fingerprint density at radius 1 is 0.844 bits per heavy atom. The monoisotopic (exact) mass is 444 g/mol. The third kappa shape index (κ3) is 3.32. The second-order valence-corrected chi connectivity index (χ2v) is 10.8. The molecule has 162 valence electrons. The molecule has 0 saturated carbocycles. The minimum Gasteiger partial charge on any atom is -0.306 e. The number of carbonyl (C=O) groups excluding carboxylic acids is 1. The molecular weight excluding hydrogens is 419 g/mol. The molecule has 0 N–H and O–H groups in total. The van der Waals surface area contributed by atoms with Gasteiger partial charge in [0.05, 0.1) is 11.9 Å². The molecule has 6 nitrogen and oxygen atoms in total. The third-order valence-corrected chi connectivity index (χ3v) is 9.56. The zero-order valence-electron chi connectivity index (χ0n) is 17.7. The molecule has 1 unspecified atom stereocenters. The van der Waals surface area contributed by atoms with Crippen molar-refractivity contribution in [3.63, 3.8) is 0 Å². The first-order valence-corrected chi connectivity index (χ1v) is 12.5. The number of para-hydroxylation sites is 2. The lowest BCUT2D eigenvalue weighted by Crippen LogP contribution is -2.45. The molecule has 3 heterocycles. The topological polar surface area (TPSA) is 56.8 Å². The van der Waals surface area contributed by atoms with Gasteiger partial charge in [-0.1, -0.05) is 43.0 Å². The van der Waals surface area contributed by atoms with Crippen molar-refractivity contribution in [2.75, 3.05) is 27.3 Å². The van der Waals surface area contributed by atoms with E-state index in [1.165, 1.54) is 0 Å². The number of amides is 1. The number of allylic oxidation sites excluding steroid dienone is 1. The highest BCUT2D eigenvalue weighted by Gasteiger charge is 2.55. The molecular formula is C25H25N4O2P. The molecule has 7 heteroatoms. The Balaban J connectivity index is 1.63. The van der Waals surface area contributed by atoms with Crippen LogP contribution in [0, 0.1) is 0 Å². The lowest BCUT2D eigenvalue weighted by molar-refractivity contribution is -0.116. The SMILES string of the molecule is C=C1CC(P2(=O)N(c3ccccc3)CCCN2c2ccccc2)C(=O)N1c1cccnc1. The fourth-order valence-electron chi connectivity index (χ4n) is 4.68. The average Bonchev–Trinajstić information content (AvgIpc) is 3.15. The standard InChI is InChI=1S/C25H25N4O2P/c1-20-18-24(25(30)29(20)23-14-8-15-26-19-23)32(31)27(21-10-4-2-5-11-21)16-9-17-28(32)22-12-6-3-7-13-22/h2-8,10-15,19,24H,1,9,16-18H2. The molecule has 2 fully saturated rings. The molecule has 1 atom stereocenters. The van der Waals surface area contributed by atoms with Crippen LogP contribution in [-0.4, -0.2) is 29.6 Å². The molecule has 3 aromatic rings. The van der Waals surface area contributed by atoms with Crippen LogP contribution < -0.4 is 14.2 Å². The number of anilines is 3. The summed E-state index contributed by atoms with van der Waals surface area (Å²) in [5, 5.41) is 0. The van der Waals surface area contributed by atoms with Gasteiger partial charge in [0.2, 0.25) is 5.91 Å². The van der Waals surface area contributed by atoms with Crippen LogP contribution in [0.1, 0.15) is 12.8 Å². The molecule has 2 aliphatic heterocycles. The number of carbonyl (C=O) groups is 1. The molecule has 0 bridgehead atoms. The van der Waals surface area contributed by atoms with Gasteiger partial charge < -0.3 is 9.34 Å². The number of hydrogen-bond donors (Lipinski definition) is 0. The second kappa shape index (κ2) is 8.29. The lowest BCUT2D eigenvalue weighted by atomic mass is 10.3. The van der Waals surface area contributed by atoms with Crippen molar-refractivity contribution in [2.24, 2.45) is 0 Å². The molecule has 0 spiro atoms. The molecule has 32 heavy (non-hydrogen) atoms. The van der Waals surface area contributed by atoms with Crippen LogP contribution >= 0.6 is 7.44 Å². The van der Waals surface area contributed by atoms with Gasteiger partial charge in [-0.15, -0.1) is 0 Å². The Morgan fingerprint density at radius 3 is 1.94 bits per heavy atom. The summed E-state index contributed by atoms with van der Waals surface area (Å²) in [4.78, 5) is 19.5. The van der Waals surface area contributed by atoms with E-state index in [1.807, 2.05) is 76.1 Å². The third-order valence-electron chi connectivity index (χ3n) is 6.10. The number of benzene rings is 2. The lowest BCUT2D eigenvalue weighted by Gasteiger charge is -2.47. The molecule has 1 aromatic heterocycles. The van der Waals surface area contributed by atoms with E-state index >= 15 is 4.57 Å². The number of hydrogen-bond acceptors (Lipinski definition) is 3. The maximum absolute atomic E-state index is 15.2. The van der Waals surface area contributed by atoms with Gasteiger partial charge in [0.1, 0.15) is 5.66 Å². The molecule has 5 rings (SSSR count). The van der Waals surface area contributed by atoms with Crippen molar-refractivity contribution in [3.8, 4) is 0 Å². The summed E-state index contributed by atoms with van der Waals surface area (Å²) in [5.41, 5.74) is 2.33. The van der Waals surface area contributed by atoms with Gasteiger partial charge in [0, 0.05) is 42.8 Å². The first kappa shape index (κ1) is 20.5. The summed E-state index contributed by atoms with van der Waals surface area (Å²) in [6.45, 7) is 5.42. The largest absolute Gasteiger partial charge is 0.306 e. The van der Waals surface area contributed by atoms with Crippen LogP contribution in [0.3, 0.4) is 0 Å². The number of nitrogens with zero attached hydrogens (tertiary/aromatic N) is 4. The summed E-state index contributed by atoms with van der Waals surface area (Å²) in [5.74, 6) is -0.185. The number of rotatable bonds is 4. The molecule has 0 radical (unpaired) electrons. The molecule has 1 amide bonds. The summed E-state index contributed by atoms with van der Waals surface area (Å²) >= 11 is 0. The Morgan fingerprint density at radius 2 is 1.41 bits per heavy atom. The van der Waals surface area contributed by atoms with Crippen LogP contribution in [0.4, 0.5) is 17.1 Å². The molecule has 2 aliphatic rings. The van der Waals surface area contributed by atoms with Gasteiger partial charge in [-0.3, -0.25) is 19.2 Å². The number of aromatic nitrogens is 1. The van der Waals surface area contributed by atoms with E-state index in [1.54, 1.807) is 23.4 Å². The van der Waals surface area contributed by atoms with Crippen molar-refractivity contribution in [2.45, 2.75) is 18.5 Å². The highest BCUT2D eigenvalue weighted by atomic mass is 31.2. The highest BCUT2D eigenvalue weighted by molar-refractivity contribution is 7.69. The summed E-state index contributed by atoms with van der Waals surface area (Å²) < 4.78 is 19.1. The highest BCUT2D eigenvalue weighted by Crippen LogP contribution is 2.65. The first-order valence-electron chi connectivity index (χ1n) is 10.8. The van der Waals surface area contributed by atoms with Gasteiger partial charge in [-0.05, 0) is 42.8 Å². The maximum Gasteiger partial charge on any atom is 0.275 e. The summed E-state index contributed by atoms with van der Waals surface area (Å²) in [6.07, 6.45) is 4.51. The van der Waals surface area contributed by atoms with Crippen molar-refractivity contribution in [3.05, 3.63) is 97.5 Å². The second-order valence-electron chi connectivity index (χ2n) is 8.03. The Kier molecular flexibility index (Phi) is 5.32. The predicted molar refractivity (Wildman–Crippen MR) is 129 cm³/mol. The molecule has 2 saturated heterocycles. The van der Waals surface area contributed by atoms with Gasteiger partial charge in [0.25, 0.3) is 7.44 Å². The van der Waals surface area contributed by atoms with Crippen LogP contribution in [0.2, 0.25) is 0 Å². The van der Waals surface area contributed by atoms with Crippen LogP contribution in [0.25, 0.3) is 0 Å². The summed E-state index contributed by atoms with van der Waals surface area (Å²) in [6, 6.07) is 23.1. The van der Waals surface area contributed by atoms with Gasteiger partial charge in [-0.2, -0.15) is 0 Å². The van der Waals surface area contributed by atoms with Gasteiger partial charge in [0.15, 0.2) is 0 Å². The Bertz CT molecular complexity index is 1120. The van der Waals surface area contributed by atoms with Crippen molar-refractivity contribution in [1.29, 1.82) is 0 Å². The van der Waals surface area contributed by atoms with Crippen LogP contribution in [-0.2, 0) is 9.36 Å². The van der Waals surface area contributed by atoms with E-state index < -0.39 is 13.1 Å². The zero-order valence-corrected chi connectivity index (χ0v) is 18.6. The van der Waals surface area contributed by atoms with Crippen LogP contribution in [0.5, 0.6) is 0 Å². The number of pyridine rings is 1. The minimum atomic E-state index is -3.38. The van der Waals surface area contributed by atoms with Crippen LogP contribution in [0.15, 0.2) is 97.5 Å². The van der Waals surface area contributed by atoms with Crippen molar-refractivity contribution < 1.29 is 9.36 Å². The first-order chi connectivity index (χ1) is 15.6. The van der Waals surface area contributed by atoms with Crippen molar-refractivity contribution in [1.82, 2.24) is 4.98 Å². The Labute approximate surface area is 188 Å².